The third-order valence-corrected chi connectivity index (χ3v) is 4.78. The fraction of sp³-hybridized carbons (Fsp3) is 0.688. The molecule has 0 N–H and O–H groups in total. The number of amides is 1. The summed E-state index contributed by atoms with van der Waals surface area (Å²) in [7, 11) is 0. The number of hydrogen-bond acceptors (Lipinski definition) is 7. The number of carbonyl (C=O) groups excluding carboxylic acids is 1. The number of nitrogens with zero attached hydrogens (tertiary/aromatic N) is 4. The highest BCUT2D eigenvalue weighted by Gasteiger charge is 2.41. The molecule has 8 heteroatoms. The largest absolute Gasteiger partial charge is 0.378 e. The van der Waals surface area contributed by atoms with Gasteiger partial charge in [0.1, 0.15) is 5.69 Å². The van der Waals surface area contributed by atoms with Crippen LogP contribution in [0.25, 0.3) is 0 Å². The summed E-state index contributed by atoms with van der Waals surface area (Å²) < 4.78 is 16.8. The highest BCUT2D eigenvalue weighted by atomic mass is 16.7. The first-order valence-electron chi connectivity index (χ1n) is 8.49. The minimum Gasteiger partial charge on any atom is -0.378 e. The van der Waals surface area contributed by atoms with Gasteiger partial charge in [0.2, 0.25) is 5.95 Å². The van der Waals surface area contributed by atoms with E-state index in [4.69, 9.17) is 14.2 Å². The Bertz CT molecular complexity index is 589. The molecule has 1 spiro atoms. The lowest BCUT2D eigenvalue weighted by atomic mass is 10.0. The van der Waals surface area contributed by atoms with Crippen LogP contribution in [0.15, 0.2) is 12.3 Å². The highest BCUT2D eigenvalue weighted by molar-refractivity contribution is 5.92. The zero-order chi connectivity index (χ0) is 16.4. The van der Waals surface area contributed by atoms with E-state index >= 15 is 0 Å². The van der Waals surface area contributed by atoms with Crippen LogP contribution < -0.4 is 4.90 Å². The van der Waals surface area contributed by atoms with Crippen molar-refractivity contribution in [2.75, 3.05) is 57.5 Å². The molecule has 4 rings (SSSR count). The maximum absolute atomic E-state index is 12.7. The second kappa shape index (κ2) is 6.62. The van der Waals surface area contributed by atoms with E-state index in [-0.39, 0.29) is 5.91 Å². The van der Waals surface area contributed by atoms with E-state index in [9.17, 15) is 4.79 Å². The van der Waals surface area contributed by atoms with Crippen molar-refractivity contribution in [1.29, 1.82) is 0 Å². The van der Waals surface area contributed by atoms with E-state index in [2.05, 4.69) is 9.97 Å². The molecule has 4 heterocycles. The van der Waals surface area contributed by atoms with Crippen molar-refractivity contribution in [3.8, 4) is 0 Å². The molecule has 1 amide bonds. The Balaban J connectivity index is 1.43. The lowest BCUT2D eigenvalue weighted by Gasteiger charge is -2.37. The molecule has 0 bridgehead atoms. The normalized spacial score (nSPS) is 23.7. The Hall–Kier alpha value is -1.77. The monoisotopic (exact) mass is 334 g/mol. The number of anilines is 1. The van der Waals surface area contributed by atoms with Crippen molar-refractivity contribution in [2.45, 2.75) is 18.6 Å². The molecule has 0 aliphatic carbocycles. The van der Waals surface area contributed by atoms with Crippen LogP contribution in [0.4, 0.5) is 5.95 Å². The third-order valence-electron chi connectivity index (χ3n) is 4.78. The zero-order valence-electron chi connectivity index (χ0n) is 13.6. The van der Waals surface area contributed by atoms with Crippen molar-refractivity contribution in [1.82, 2.24) is 14.9 Å². The van der Waals surface area contributed by atoms with Crippen LogP contribution in [0.1, 0.15) is 23.3 Å². The standard InChI is InChI=1S/C16H22N4O4/c21-14(19-5-2-16(3-6-19)23-11-12-24-16)13-1-4-17-15(18-13)20-7-9-22-10-8-20/h1,4H,2-3,5-12H2. The maximum atomic E-state index is 12.7. The molecule has 1 aromatic rings. The van der Waals surface area contributed by atoms with Crippen LogP contribution in [0.3, 0.4) is 0 Å². The van der Waals surface area contributed by atoms with Crippen molar-refractivity contribution >= 4 is 11.9 Å². The number of hydrogen-bond donors (Lipinski definition) is 0. The van der Waals surface area contributed by atoms with Crippen molar-refractivity contribution < 1.29 is 19.0 Å². The molecule has 0 saturated carbocycles. The van der Waals surface area contributed by atoms with E-state index in [1.165, 1.54) is 0 Å². The van der Waals surface area contributed by atoms with E-state index in [1.807, 2.05) is 9.80 Å². The number of ether oxygens (including phenoxy) is 3. The van der Waals surface area contributed by atoms with Gasteiger partial charge in [-0.1, -0.05) is 0 Å². The van der Waals surface area contributed by atoms with Gasteiger partial charge in [-0.15, -0.1) is 0 Å². The second-order valence-corrected chi connectivity index (χ2v) is 6.24. The summed E-state index contributed by atoms with van der Waals surface area (Å²) in [6.45, 7) is 5.35. The Morgan fingerprint density at radius 3 is 2.46 bits per heavy atom. The summed E-state index contributed by atoms with van der Waals surface area (Å²) in [6.07, 6.45) is 3.07. The molecule has 0 atom stereocenters. The number of piperidine rings is 1. The molecule has 3 aliphatic heterocycles. The third kappa shape index (κ3) is 3.09. The summed E-state index contributed by atoms with van der Waals surface area (Å²) in [5.74, 6) is 0.0707. The first-order chi connectivity index (χ1) is 11.8. The number of aromatic nitrogens is 2. The Morgan fingerprint density at radius 2 is 1.75 bits per heavy atom. The molecule has 1 aromatic heterocycles. The van der Waals surface area contributed by atoms with Gasteiger partial charge in [0.25, 0.3) is 5.91 Å². The molecule has 24 heavy (non-hydrogen) atoms. The number of carbonyl (C=O) groups is 1. The highest BCUT2D eigenvalue weighted by Crippen LogP contribution is 2.31. The molecular formula is C16H22N4O4. The fourth-order valence-corrected chi connectivity index (χ4v) is 3.38. The minimum atomic E-state index is -0.471. The maximum Gasteiger partial charge on any atom is 0.272 e. The summed E-state index contributed by atoms with van der Waals surface area (Å²) in [6, 6.07) is 1.68. The average molecular weight is 334 g/mol. The van der Waals surface area contributed by atoms with Gasteiger partial charge in [0.15, 0.2) is 5.79 Å². The molecule has 3 fully saturated rings. The first kappa shape index (κ1) is 15.7. The average Bonchev–Trinajstić information content (AvgIpc) is 3.11. The van der Waals surface area contributed by atoms with E-state index in [0.29, 0.717) is 64.0 Å². The van der Waals surface area contributed by atoms with Gasteiger partial charge in [0.05, 0.1) is 26.4 Å². The Morgan fingerprint density at radius 1 is 1.04 bits per heavy atom. The molecule has 8 nitrogen and oxygen atoms in total. The topological polar surface area (TPSA) is 77.0 Å². The van der Waals surface area contributed by atoms with Gasteiger partial charge in [0, 0.05) is 45.2 Å². The summed E-state index contributed by atoms with van der Waals surface area (Å²) in [5.41, 5.74) is 0.440. The van der Waals surface area contributed by atoms with Gasteiger partial charge < -0.3 is 24.0 Å². The minimum absolute atomic E-state index is 0.0558. The molecular weight excluding hydrogens is 312 g/mol. The van der Waals surface area contributed by atoms with Crippen LogP contribution in [-0.4, -0.2) is 79.2 Å². The van der Waals surface area contributed by atoms with E-state index in [0.717, 1.165) is 13.1 Å². The van der Waals surface area contributed by atoms with Gasteiger partial charge in [-0.25, -0.2) is 9.97 Å². The SMILES string of the molecule is O=C(c1ccnc(N2CCOCC2)n1)N1CCC2(CC1)OCCO2. The molecule has 3 saturated heterocycles. The van der Waals surface area contributed by atoms with Gasteiger partial charge in [-0.3, -0.25) is 4.79 Å². The van der Waals surface area contributed by atoms with Crippen LogP contribution >= 0.6 is 0 Å². The van der Waals surface area contributed by atoms with E-state index < -0.39 is 5.79 Å². The lowest BCUT2D eigenvalue weighted by molar-refractivity contribution is -0.181. The molecule has 3 aliphatic rings. The quantitative estimate of drug-likeness (QED) is 0.769. The predicted molar refractivity (Wildman–Crippen MR) is 84.8 cm³/mol. The van der Waals surface area contributed by atoms with Crippen LogP contribution in [0.5, 0.6) is 0 Å². The number of likely N-dealkylation sites (tertiary alicyclic amines) is 1. The summed E-state index contributed by atoms with van der Waals surface area (Å²) in [5, 5.41) is 0. The van der Waals surface area contributed by atoms with Gasteiger partial charge >= 0.3 is 0 Å². The Labute approximate surface area is 140 Å². The Kier molecular flexibility index (Phi) is 4.34. The summed E-state index contributed by atoms with van der Waals surface area (Å²) in [4.78, 5) is 25.4. The fourth-order valence-electron chi connectivity index (χ4n) is 3.38. The summed E-state index contributed by atoms with van der Waals surface area (Å²) >= 11 is 0. The molecule has 130 valence electrons. The first-order valence-corrected chi connectivity index (χ1v) is 8.49. The predicted octanol–water partition coefficient (Wildman–Crippen LogP) is 0.292. The molecule has 0 aromatic carbocycles. The van der Waals surface area contributed by atoms with Crippen LogP contribution in [0, 0.1) is 0 Å². The second-order valence-electron chi connectivity index (χ2n) is 6.24. The van der Waals surface area contributed by atoms with E-state index in [1.54, 1.807) is 12.3 Å². The van der Waals surface area contributed by atoms with Crippen LogP contribution in [-0.2, 0) is 14.2 Å². The molecule has 0 radical (unpaired) electrons. The van der Waals surface area contributed by atoms with Gasteiger partial charge in [-0.2, -0.15) is 0 Å². The number of rotatable bonds is 2. The van der Waals surface area contributed by atoms with Crippen molar-refractivity contribution in [3.63, 3.8) is 0 Å². The van der Waals surface area contributed by atoms with Crippen molar-refractivity contribution in [3.05, 3.63) is 18.0 Å². The zero-order valence-corrected chi connectivity index (χ0v) is 13.6. The molecule has 0 unspecified atom stereocenters. The van der Waals surface area contributed by atoms with Crippen LogP contribution in [0.2, 0.25) is 0 Å². The van der Waals surface area contributed by atoms with Gasteiger partial charge in [-0.05, 0) is 6.07 Å². The number of morpholine rings is 1. The van der Waals surface area contributed by atoms with Crippen molar-refractivity contribution in [2.24, 2.45) is 0 Å². The smallest absolute Gasteiger partial charge is 0.272 e. The lowest BCUT2D eigenvalue weighted by Crippen LogP contribution is -2.47.